The first-order valence-corrected chi connectivity index (χ1v) is 6.11. The Bertz CT molecular complexity index is 434. The van der Waals surface area contributed by atoms with Gasteiger partial charge in [-0.2, -0.15) is 0 Å². The van der Waals surface area contributed by atoms with Crippen LogP contribution in [0.5, 0.6) is 0 Å². The van der Waals surface area contributed by atoms with Gasteiger partial charge in [0.05, 0.1) is 13.7 Å². The first-order chi connectivity index (χ1) is 9.19. The molecule has 6 heteroatoms. The minimum atomic E-state index is -0.444. The summed E-state index contributed by atoms with van der Waals surface area (Å²) in [6.45, 7) is 2.69. The van der Waals surface area contributed by atoms with E-state index in [0.29, 0.717) is 37.4 Å². The van der Waals surface area contributed by atoms with E-state index in [0.717, 1.165) is 0 Å². The van der Waals surface area contributed by atoms with Crippen LogP contribution in [0.4, 0.5) is 5.82 Å². The lowest BCUT2D eigenvalue weighted by Crippen LogP contribution is -2.12. The molecule has 104 valence electrons. The summed E-state index contributed by atoms with van der Waals surface area (Å²) in [6, 6.07) is 3.29. The zero-order valence-corrected chi connectivity index (χ0v) is 11.1. The summed E-state index contributed by atoms with van der Waals surface area (Å²) < 4.78 is 9.48. The second-order valence-corrected chi connectivity index (χ2v) is 3.73. The minimum Gasteiger partial charge on any atom is -0.466 e. The van der Waals surface area contributed by atoms with Crippen LogP contribution in [0.1, 0.15) is 30.1 Å². The highest BCUT2D eigenvalue weighted by Gasteiger charge is 2.11. The molecule has 0 saturated heterocycles. The van der Waals surface area contributed by atoms with Gasteiger partial charge in [-0.3, -0.25) is 4.79 Å². The van der Waals surface area contributed by atoms with Gasteiger partial charge in [0.2, 0.25) is 0 Å². The summed E-state index contributed by atoms with van der Waals surface area (Å²) in [7, 11) is 1.32. The molecule has 0 spiro atoms. The third-order valence-corrected chi connectivity index (χ3v) is 2.37. The molecule has 19 heavy (non-hydrogen) atoms. The van der Waals surface area contributed by atoms with Gasteiger partial charge < -0.3 is 14.8 Å². The summed E-state index contributed by atoms with van der Waals surface area (Å²) in [6.07, 6.45) is 2.53. The number of hydrogen-bond donors (Lipinski definition) is 1. The number of nitrogens with one attached hydrogen (secondary N) is 1. The number of anilines is 1. The molecule has 6 nitrogen and oxygen atoms in total. The molecule has 0 aliphatic heterocycles. The van der Waals surface area contributed by atoms with Crippen LogP contribution >= 0.6 is 0 Å². The zero-order valence-electron chi connectivity index (χ0n) is 11.1. The van der Waals surface area contributed by atoms with E-state index in [-0.39, 0.29) is 5.97 Å². The number of methoxy groups -OCH3 is 1. The van der Waals surface area contributed by atoms with Gasteiger partial charge in [0.1, 0.15) is 11.4 Å². The summed E-state index contributed by atoms with van der Waals surface area (Å²) in [5.74, 6) is -0.210. The van der Waals surface area contributed by atoms with Crippen LogP contribution in [0.15, 0.2) is 18.3 Å². The number of carbonyl (C=O) groups excluding carboxylic acids is 2. The van der Waals surface area contributed by atoms with Crippen molar-refractivity contribution in [2.75, 3.05) is 25.6 Å². The quantitative estimate of drug-likeness (QED) is 0.597. The van der Waals surface area contributed by atoms with Crippen LogP contribution < -0.4 is 5.32 Å². The smallest absolute Gasteiger partial charge is 0.341 e. The lowest BCUT2D eigenvalue weighted by molar-refractivity contribution is -0.143. The molecule has 0 bridgehead atoms. The Hall–Kier alpha value is -2.11. The third kappa shape index (κ3) is 4.95. The topological polar surface area (TPSA) is 77.5 Å². The van der Waals surface area contributed by atoms with E-state index in [4.69, 9.17) is 4.74 Å². The van der Waals surface area contributed by atoms with Crippen molar-refractivity contribution in [3.63, 3.8) is 0 Å². The number of nitrogens with zero attached hydrogens (tertiary/aromatic N) is 1. The Labute approximate surface area is 112 Å². The number of esters is 2. The van der Waals surface area contributed by atoms with Crippen molar-refractivity contribution in [1.29, 1.82) is 0 Å². The van der Waals surface area contributed by atoms with Crippen molar-refractivity contribution in [3.8, 4) is 0 Å². The number of hydrogen-bond acceptors (Lipinski definition) is 6. The van der Waals surface area contributed by atoms with Crippen molar-refractivity contribution in [2.24, 2.45) is 0 Å². The molecule has 0 aromatic carbocycles. The summed E-state index contributed by atoms with van der Waals surface area (Å²) >= 11 is 0. The molecular formula is C13H18N2O4. The van der Waals surface area contributed by atoms with Crippen molar-refractivity contribution < 1.29 is 19.1 Å². The summed E-state index contributed by atoms with van der Waals surface area (Å²) in [4.78, 5) is 26.7. The molecule has 1 N–H and O–H groups in total. The van der Waals surface area contributed by atoms with Crippen LogP contribution in [-0.4, -0.2) is 37.2 Å². The van der Waals surface area contributed by atoms with E-state index in [9.17, 15) is 9.59 Å². The monoisotopic (exact) mass is 266 g/mol. The fourth-order valence-corrected chi connectivity index (χ4v) is 1.49. The fraction of sp³-hybridized carbons (Fsp3) is 0.462. The molecule has 1 aromatic rings. The second kappa shape index (κ2) is 8.07. The predicted octanol–water partition coefficient (Wildman–Crippen LogP) is 1.62. The minimum absolute atomic E-state index is 0.224. The van der Waals surface area contributed by atoms with Gasteiger partial charge in [-0.1, -0.05) is 0 Å². The van der Waals surface area contributed by atoms with Crippen molar-refractivity contribution in [1.82, 2.24) is 4.98 Å². The SMILES string of the molecule is CCOC(=O)CCCNc1ncccc1C(=O)OC. The lowest BCUT2D eigenvalue weighted by Gasteiger charge is -2.09. The van der Waals surface area contributed by atoms with E-state index in [1.807, 2.05) is 0 Å². The summed E-state index contributed by atoms with van der Waals surface area (Å²) in [5, 5.41) is 3.01. The Balaban J connectivity index is 2.45. The first kappa shape index (κ1) is 14.9. The maximum atomic E-state index is 11.5. The summed E-state index contributed by atoms with van der Waals surface area (Å²) in [5.41, 5.74) is 0.376. The zero-order chi connectivity index (χ0) is 14.1. The predicted molar refractivity (Wildman–Crippen MR) is 69.9 cm³/mol. The maximum Gasteiger partial charge on any atom is 0.341 e. The molecule has 0 radical (unpaired) electrons. The number of carbonyl (C=O) groups is 2. The Kier molecular flexibility index (Phi) is 6.35. The molecule has 0 aliphatic carbocycles. The van der Waals surface area contributed by atoms with E-state index < -0.39 is 5.97 Å². The van der Waals surface area contributed by atoms with Gasteiger partial charge in [-0.25, -0.2) is 9.78 Å². The normalized spacial score (nSPS) is 9.79. The molecule has 1 aromatic heterocycles. The highest BCUT2D eigenvalue weighted by Crippen LogP contribution is 2.12. The van der Waals surface area contributed by atoms with Gasteiger partial charge >= 0.3 is 11.9 Å². The lowest BCUT2D eigenvalue weighted by atomic mass is 10.2. The van der Waals surface area contributed by atoms with Gasteiger partial charge in [-0.15, -0.1) is 0 Å². The second-order valence-electron chi connectivity index (χ2n) is 3.73. The molecule has 0 amide bonds. The molecular weight excluding hydrogens is 248 g/mol. The Morgan fingerprint density at radius 3 is 2.89 bits per heavy atom. The van der Waals surface area contributed by atoms with Gasteiger partial charge in [0, 0.05) is 19.2 Å². The van der Waals surface area contributed by atoms with Crippen LogP contribution in [0.2, 0.25) is 0 Å². The Morgan fingerprint density at radius 1 is 1.42 bits per heavy atom. The van der Waals surface area contributed by atoms with Crippen LogP contribution in [0.3, 0.4) is 0 Å². The van der Waals surface area contributed by atoms with E-state index in [1.165, 1.54) is 7.11 Å². The maximum absolute atomic E-state index is 11.5. The highest BCUT2D eigenvalue weighted by atomic mass is 16.5. The molecule has 0 saturated carbocycles. The van der Waals surface area contributed by atoms with Gasteiger partial charge in [-0.05, 0) is 25.5 Å². The highest BCUT2D eigenvalue weighted by molar-refractivity contribution is 5.94. The largest absolute Gasteiger partial charge is 0.466 e. The van der Waals surface area contributed by atoms with Crippen LogP contribution in [0.25, 0.3) is 0 Å². The molecule has 0 atom stereocenters. The average molecular weight is 266 g/mol. The fourth-order valence-electron chi connectivity index (χ4n) is 1.49. The van der Waals surface area contributed by atoms with Crippen LogP contribution in [-0.2, 0) is 14.3 Å². The van der Waals surface area contributed by atoms with Crippen LogP contribution in [0, 0.1) is 0 Å². The number of pyridine rings is 1. The van der Waals surface area contributed by atoms with E-state index in [2.05, 4.69) is 15.0 Å². The Morgan fingerprint density at radius 2 is 2.21 bits per heavy atom. The van der Waals surface area contributed by atoms with Crippen molar-refractivity contribution in [3.05, 3.63) is 23.9 Å². The van der Waals surface area contributed by atoms with Crippen molar-refractivity contribution >= 4 is 17.8 Å². The average Bonchev–Trinajstić information content (AvgIpc) is 2.43. The molecule has 0 fully saturated rings. The number of rotatable bonds is 7. The van der Waals surface area contributed by atoms with Gasteiger partial charge in [0.15, 0.2) is 0 Å². The molecule has 1 rings (SSSR count). The first-order valence-electron chi connectivity index (χ1n) is 6.11. The molecule has 0 unspecified atom stereocenters. The number of aromatic nitrogens is 1. The molecule has 1 heterocycles. The standard InChI is InChI=1S/C13H18N2O4/c1-3-19-11(16)7-5-9-15-12-10(13(17)18-2)6-4-8-14-12/h4,6,8H,3,5,7,9H2,1-2H3,(H,14,15). The molecule has 0 aliphatic rings. The van der Waals surface area contributed by atoms with Gasteiger partial charge in [0.25, 0.3) is 0 Å². The van der Waals surface area contributed by atoms with Crippen molar-refractivity contribution in [2.45, 2.75) is 19.8 Å². The van der Waals surface area contributed by atoms with E-state index >= 15 is 0 Å². The number of ether oxygens (including phenoxy) is 2. The van der Waals surface area contributed by atoms with E-state index in [1.54, 1.807) is 25.3 Å². The third-order valence-electron chi connectivity index (χ3n) is 2.37.